The van der Waals surface area contributed by atoms with Gasteiger partial charge in [-0.3, -0.25) is 4.79 Å². The fourth-order valence-corrected chi connectivity index (χ4v) is 1.62. The zero-order valence-corrected chi connectivity index (χ0v) is 11.7. The molecule has 1 rings (SSSR count). The van der Waals surface area contributed by atoms with Gasteiger partial charge in [0.15, 0.2) is 5.78 Å². The molecule has 0 radical (unpaired) electrons. The molecule has 0 spiro atoms. The molecule has 0 aliphatic rings. The fraction of sp³-hybridized carbons (Fsp3) is 0.538. The molecule has 0 unspecified atom stereocenters. The topological polar surface area (TPSA) is 48.3 Å². The molecule has 0 saturated carbocycles. The quantitative estimate of drug-likeness (QED) is 0.782. The number of rotatable bonds is 2. The Labute approximate surface area is 114 Å². The molecule has 0 aliphatic carbocycles. The van der Waals surface area contributed by atoms with E-state index in [1.807, 2.05) is 0 Å². The average Bonchev–Trinajstić information content (AvgIpc) is 2.55. The minimum atomic E-state index is -4.48. The number of hydrogen-bond acceptors (Lipinski definition) is 3. The van der Waals surface area contributed by atoms with Gasteiger partial charge >= 0.3 is 12.3 Å². The second-order valence-corrected chi connectivity index (χ2v) is 5.37. The Hall–Kier alpha value is -1.79. The second-order valence-electron chi connectivity index (χ2n) is 5.37. The highest BCUT2D eigenvalue weighted by molar-refractivity contribution is 5.96. The molecule has 0 aromatic carbocycles. The Morgan fingerprint density at radius 3 is 2.15 bits per heavy atom. The zero-order valence-electron chi connectivity index (χ0n) is 11.7. The van der Waals surface area contributed by atoms with Crippen molar-refractivity contribution in [3.8, 4) is 0 Å². The highest BCUT2D eigenvalue weighted by atomic mass is 19.4. The summed E-state index contributed by atoms with van der Waals surface area (Å²) >= 11 is 0. The maximum atomic E-state index is 12.5. The third-order valence-electron chi connectivity index (χ3n) is 2.28. The van der Waals surface area contributed by atoms with Crippen LogP contribution in [-0.4, -0.2) is 28.2 Å². The van der Waals surface area contributed by atoms with E-state index >= 15 is 0 Å². The number of ketones is 1. The number of Topliss-reactive ketones (excluding diaryl/α,β-unsaturated/α-hetero) is 1. The van der Waals surface area contributed by atoms with E-state index in [-0.39, 0.29) is 11.4 Å². The number of aromatic nitrogens is 1. The molecule has 112 valence electrons. The van der Waals surface area contributed by atoms with Crippen LogP contribution in [0.15, 0.2) is 12.1 Å². The molecule has 7 heteroatoms. The minimum Gasteiger partial charge on any atom is -0.443 e. The van der Waals surface area contributed by atoms with E-state index in [2.05, 4.69) is 0 Å². The van der Waals surface area contributed by atoms with Crippen LogP contribution in [0.1, 0.15) is 43.9 Å². The molecule has 20 heavy (non-hydrogen) atoms. The summed E-state index contributed by atoms with van der Waals surface area (Å²) in [6.45, 7) is 5.94. The van der Waals surface area contributed by atoms with Gasteiger partial charge in [0.05, 0.1) is 12.1 Å². The molecule has 0 amide bonds. The minimum absolute atomic E-state index is 0.126. The predicted octanol–water partition coefficient (Wildman–Crippen LogP) is 3.58. The molecular weight excluding hydrogens is 275 g/mol. The smallest absolute Gasteiger partial charge is 0.419 e. The van der Waals surface area contributed by atoms with Crippen molar-refractivity contribution in [2.75, 3.05) is 0 Å². The van der Waals surface area contributed by atoms with Gasteiger partial charge in [0.25, 0.3) is 0 Å². The van der Waals surface area contributed by atoms with Crippen molar-refractivity contribution in [1.82, 2.24) is 4.57 Å². The number of hydrogen-bond donors (Lipinski definition) is 0. The van der Waals surface area contributed by atoms with Crippen molar-refractivity contribution >= 4 is 11.9 Å². The monoisotopic (exact) mass is 291 g/mol. The molecule has 0 fully saturated rings. The average molecular weight is 291 g/mol. The number of halogens is 3. The van der Waals surface area contributed by atoms with Crippen LogP contribution < -0.4 is 0 Å². The lowest BCUT2D eigenvalue weighted by atomic mass is 10.2. The molecule has 0 atom stereocenters. The number of carbonyl (C=O) groups excluding carboxylic acids is 2. The van der Waals surface area contributed by atoms with Crippen molar-refractivity contribution in [3.63, 3.8) is 0 Å². The van der Waals surface area contributed by atoms with Gasteiger partial charge < -0.3 is 4.74 Å². The van der Waals surface area contributed by atoms with Crippen LogP contribution in [0.3, 0.4) is 0 Å². The van der Waals surface area contributed by atoms with Crippen LogP contribution in [0.5, 0.6) is 0 Å². The van der Waals surface area contributed by atoms with E-state index in [1.165, 1.54) is 13.0 Å². The number of alkyl halides is 3. The molecule has 0 bridgehead atoms. The first-order valence-corrected chi connectivity index (χ1v) is 5.92. The summed E-state index contributed by atoms with van der Waals surface area (Å²) < 4.78 is 43.2. The van der Waals surface area contributed by atoms with Crippen molar-refractivity contribution in [2.45, 2.75) is 45.9 Å². The van der Waals surface area contributed by atoms with Crippen LogP contribution >= 0.6 is 0 Å². The fourth-order valence-electron chi connectivity index (χ4n) is 1.62. The Balaban J connectivity index is 3.22. The number of carbonyl (C=O) groups is 2. The second kappa shape index (κ2) is 5.30. The maximum absolute atomic E-state index is 12.5. The standard InChI is InChI=1S/C13H16F3NO3/c1-8(18)10-6-5-9(7-13(14,15)16)17(10)11(19)20-12(2,3)4/h5-6H,7H2,1-4H3. The van der Waals surface area contributed by atoms with Crippen LogP contribution in [0.4, 0.5) is 18.0 Å². The Morgan fingerprint density at radius 1 is 1.20 bits per heavy atom. The first-order chi connectivity index (χ1) is 8.91. The highest BCUT2D eigenvalue weighted by Gasteiger charge is 2.32. The third-order valence-corrected chi connectivity index (χ3v) is 2.28. The largest absolute Gasteiger partial charge is 0.443 e. The van der Waals surface area contributed by atoms with Gasteiger partial charge in [-0.15, -0.1) is 0 Å². The predicted molar refractivity (Wildman–Crippen MR) is 65.8 cm³/mol. The summed E-state index contributed by atoms with van der Waals surface area (Å²) in [5, 5.41) is 0. The highest BCUT2D eigenvalue weighted by Crippen LogP contribution is 2.24. The van der Waals surface area contributed by atoms with Gasteiger partial charge in [-0.2, -0.15) is 13.2 Å². The van der Waals surface area contributed by atoms with Crippen molar-refractivity contribution < 1.29 is 27.5 Å². The molecular formula is C13H16F3NO3. The maximum Gasteiger partial charge on any atom is 0.419 e. The van der Waals surface area contributed by atoms with Crippen molar-refractivity contribution in [3.05, 3.63) is 23.5 Å². The summed E-state index contributed by atoms with van der Waals surface area (Å²) in [6, 6.07) is 2.29. The lowest BCUT2D eigenvalue weighted by Gasteiger charge is -2.21. The summed E-state index contributed by atoms with van der Waals surface area (Å²) in [5.41, 5.74) is -1.32. The molecule has 0 N–H and O–H groups in total. The summed E-state index contributed by atoms with van der Waals surface area (Å²) in [6.07, 6.45) is -6.78. The molecule has 0 saturated heterocycles. The summed E-state index contributed by atoms with van der Waals surface area (Å²) in [4.78, 5) is 23.4. The normalized spacial score (nSPS) is 12.3. The first-order valence-electron chi connectivity index (χ1n) is 5.92. The van der Waals surface area contributed by atoms with Crippen molar-refractivity contribution in [1.29, 1.82) is 0 Å². The van der Waals surface area contributed by atoms with Gasteiger partial charge in [0.2, 0.25) is 0 Å². The lowest BCUT2D eigenvalue weighted by Crippen LogP contribution is -2.30. The Kier molecular flexibility index (Phi) is 4.31. The van der Waals surface area contributed by atoms with E-state index in [4.69, 9.17) is 4.74 Å². The van der Waals surface area contributed by atoms with E-state index in [1.54, 1.807) is 20.8 Å². The Bertz CT molecular complexity index is 524. The Morgan fingerprint density at radius 2 is 1.75 bits per heavy atom. The molecule has 4 nitrogen and oxygen atoms in total. The van der Waals surface area contributed by atoms with E-state index in [0.29, 0.717) is 4.57 Å². The van der Waals surface area contributed by atoms with Crippen LogP contribution in [0.2, 0.25) is 0 Å². The number of ether oxygens (including phenoxy) is 1. The SMILES string of the molecule is CC(=O)c1ccc(CC(F)(F)F)n1C(=O)OC(C)(C)C. The van der Waals surface area contributed by atoms with Gasteiger partial charge in [0, 0.05) is 12.6 Å². The van der Waals surface area contributed by atoms with Gasteiger partial charge in [-0.1, -0.05) is 0 Å². The first kappa shape index (κ1) is 16.3. The zero-order chi connectivity index (χ0) is 15.7. The summed E-state index contributed by atoms with van der Waals surface area (Å²) in [7, 11) is 0. The van der Waals surface area contributed by atoms with Crippen LogP contribution in [0, 0.1) is 0 Å². The van der Waals surface area contributed by atoms with Crippen LogP contribution in [0.25, 0.3) is 0 Å². The van der Waals surface area contributed by atoms with E-state index in [0.717, 1.165) is 6.07 Å². The molecule has 0 aliphatic heterocycles. The van der Waals surface area contributed by atoms with E-state index < -0.39 is 30.1 Å². The lowest BCUT2D eigenvalue weighted by molar-refractivity contribution is -0.128. The third kappa shape index (κ3) is 4.40. The number of nitrogens with zero attached hydrogens (tertiary/aromatic N) is 1. The molecule has 1 aromatic heterocycles. The van der Waals surface area contributed by atoms with Crippen LogP contribution in [-0.2, 0) is 11.2 Å². The molecule has 1 aromatic rings. The van der Waals surface area contributed by atoms with Crippen molar-refractivity contribution in [2.24, 2.45) is 0 Å². The van der Waals surface area contributed by atoms with Gasteiger partial charge in [-0.05, 0) is 32.9 Å². The van der Waals surface area contributed by atoms with E-state index in [9.17, 15) is 22.8 Å². The molecule has 1 heterocycles. The van der Waals surface area contributed by atoms with Gasteiger partial charge in [0.1, 0.15) is 5.60 Å². The summed E-state index contributed by atoms with van der Waals surface area (Å²) in [5.74, 6) is -0.510. The van der Waals surface area contributed by atoms with Gasteiger partial charge in [-0.25, -0.2) is 9.36 Å².